The van der Waals surface area contributed by atoms with E-state index in [1.807, 2.05) is 24.3 Å². The van der Waals surface area contributed by atoms with Gasteiger partial charge in [0.1, 0.15) is 5.75 Å². The molecule has 6 nitrogen and oxygen atoms in total. The van der Waals surface area contributed by atoms with Gasteiger partial charge in [0.25, 0.3) is 0 Å². The van der Waals surface area contributed by atoms with E-state index in [0.717, 1.165) is 10.0 Å². The molecule has 0 fully saturated rings. The number of methoxy groups -OCH3 is 1. The van der Waals surface area contributed by atoms with Crippen LogP contribution in [0.3, 0.4) is 0 Å². The van der Waals surface area contributed by atoms with E-state index < -0.39 is 15.9 Å². The summed E-state index contributed by atoms with van der Waals surface area (Å²) in [5, 5.41) is 2.69. The zero-order valence-corrected chi connectivity index (χ0v) is 18.4. The highest BCUT2D eigenvalue weighted by atomic mass is 79.9. The number of halogens is 1. The summed E-state index contributed by atoms with van der Waals surface area (Å²) in [4.78, 5) is 12.4. The maximum absolute atomic E-state index is 12.7. The molecule has 0 aliphatic rings. The van der Waals surface area contributed by atoms with E-state index in [4.69, 9.17) is 4.74 Å². The summed E-state index contributed by atoms with van der Waals surface area (Å²) in [5.74, 6) is -0.0154. The minimum atomic E-state index is -3.64. The molecule has 0 aromatic heterocycles. The Bertz CT molecular complexity index is 970. The fourth-order valence-electron chi connectivity index (χ4n) is 2.61. The van der Waals surface area contributed by atoms with Crippen LogP contribution < -0.4 is 10.1 Å². The lowest BCUT2D eigenvalue weighted by atomic mass is 10.2. The molecule has 2 aromatic carbocycles. The van der Waals surface area contributed by atoms with Crippen molar-refractivity contribution in [2.45, 2.75) is 18.7 Å². The number of hydrogen-bond acceptors (Lipinski definition) is 4. The third-order valence-electron chi connectivity index (χ3n) is 4.05. The van der Waals surface area contributed by atoms with Gasteiger partial charge in [-0.25, -0.2) is 8.42 Å². The highest BCUT2D eigenvalue weighted by molar-refractivity contribution is 9.10. The number of carbonyl (C=O) groups excluding carboxylic acids is 1. The maximum atomic E-state index is 12.7. The number of sulfonamides is 1. The predicted octanol–water partition coefficient (Wildman–Crippen LogP) is 4.14. The Morgan fingerprint density at radius 1 is 1.18 bits per heavy atom. The van der Waals surface area contributed by atoms with Crippen LogP contribution in [0, 0.1) is 0 Å². The average molecular weight is 467 g/mol. The lowest BCUT2D eigenvalue weighted by Crippen LogP contribution is -2.30. The SMILES string of the molecule is CCN(CC)S(=O)(=O)c1ccc(OC)c(NC(=O)/C=C/c2cccc(Br)c2)c1. The molecule has 28 heavy (non-hydrogen) atoms. The molecule has 0 aliphatic carbocycles. The fraction of sp³-hybridized carbons (Fsp3) is 0.250. The van der Waals surface area contributed by atoms with E-state index in [1.54, 1.807) is 19.9 Å². The van der Waals surface area contributed by atoms with E-state index in [1.165, 1.54) is 35.7 Å². The molecular formula is C20H23BrN2O4S. The number of carbonyl (C=O) groups is 1. The van der Waals surface area contributed by atoms with E-state index >= 15 is 0 Å². The van der Waals surface area contributed by atoms with E-state index in [0.29, 0.717) is 24.5 Å². The zero-order chi connectivity index (χ0) is 20.7. The van der Waals surface area contributed by atoms with Crippen LogP contribution >= 0.6 is 15.9 Å². The molecule has 0 aliphatic heterocycles. The van der Waals surface area contributed by atoms with Crippen molar-refractivity contribution in [1.29, 1.82) is 0 Å². The minimum Gasteiger partial charge on any atom is -0.495 e. The first-order valence-corrected chi connectivity index (χ1v) is 11.0. The fourth-order valence-corrected chi connectivity index (χ4v) is 4.52. The summed E-state index contributed by atoms with van der Waals surface area (Å²) < 4.78 is 33.0. The van der Waals surface area contributed by atoms with Gasteiger partial charge < -0.3 is 10.1 Å². The highest BCUT2D eigenvalue weighted by Gasteiger charge is 2.23. The number of nitrogens with zero attached hydrogens (tertiary/aromatic N) is 1. The molecule has 0 unspecified atom stereocenters. The number of benzene rings is 2. The van der Waals surface area contributed by atoms with Crippen LogP contribution in [0.1, 0.15) is 19.4 Å². The predicted molar refractivity (Wildman–Crippen MR) is 115 cm³/mol. The molecule has 0 heterocycles. The van der Waals surface area contributed by atoms with Crippen molar-refractivity contribution in [3.05, 3.63) is 58.6 Å². The standard InChI is InChI=1S/C20H23BrN2O4S/c1-4-23(5-2)28(25,26)17-10-11-19(27-3)18(14-17)22-20(24)12-9-15-7-6-8-16(21)13-15/h6-14H,4-5H2,1-3H3,(H,22,24)/b12-9+. The molecule has 0 atom stereocenters. The summed E-state index contributed by atoms with van der Waals surface area (Å²) >= 11 is 3.38. The van der Waals surface area contributed by atoms with E-state index in [2.05, 4.69) is 21.2 Å². The summed E-state index contributed by atoms with van der Waals surface area (Å²) in [6, 6.07) is 11.9. The van der Waals surface area contributed by atoms with Gasteiger partial charge in [-0.15, -0.1) is 0 Å². The Morgan fingerprint density at radius 3 is 2.50 bits per heavy atom. The van der Waals surface area contributed by atoms with Gasteiger partial charge in [0.2, 0.25) is 15.9 Å². The maximum Gasteiger partial charge on any atom is 0.248 e. The number of nitrogens with one attached hydrogen (secondary N) is 1. The number of anilines is 1. The van der Waals surface area contributed by atoms with Crippen molar-refractivity contribution in [2.75, 3.05) is 25.5 Å². The van der Waals surface area contributed by atoms with E-state index in [9.17, 15) is 13.2 Å². The summed E-state index contributed by atoms with van der Waals surface area (Å²) in [6.45, 7) is 4.28. The first-order chi connectivity index (χ1) is 13.3. The van der Waals surface area contributed by atoms with Crippen molar-refractivity contribution in [3.8, 4) is 5.75 Å². The first-order valence-electron chi connectivity index (χ1n) is 8.74. The lowest BCUT2D eigenvalue weighted by Gasteiger charge is -2.19. The van der Waals surface area contributed by atoms with Crippen LogP contribution in [0.4, 0.5) is 5.69 Å². The van der Waals surface area contributed by atoms with Crippen LogP contribution in [-0.2, 0) is 14.8 Å². The van der Waals surface area contributed by atoms with Crippen LogP contribution in [-0.4, -0.2) is 38.8 Å². The van der Waals surface area contributed by atoms with Crippen molar-refractivity contribution in [3.63, 3.8) is 0 Å². The Hall–Kier alpha value is -2.16. The molecule has 0 saturated heterocycles. The normalized spacial score (nSPS) is 11.8. The number of amides is 1. The molecule has 0 saturated carbocycles. The number of hydrogen-bond donors (Lipinski definition) is 1. The molecule has 150 valence electrons. The van der Waals surface area contributed by atoms with Crippen molar-refractivity contribution >= 4 is 43.6 Å². The lowest BCUT2D eigenvalue weighted by molar-refractivity contribution is -0.111. The van der Waals surface area contributed by atoms with Crippen LogP contribution in [0.5, 0.6) is 5.75 Å². The van der Waals surface area contributed by atoms with Gasteiger partial charge in [0.05, 0.1) is 17.7 Å². The average Bonchev–Trinajstić information content (AvgIpc) is 2.67. The first kappa shape index (κ1) is 22.1. The Morgan fingerprint density at radius 2 is 1.89 bits per heavy atom. The van der Waals surface area contributed by atoms with Crippen LogP contribution in [0.2, 0.25) is 0 Å². The Balaban J connectivity index is 2.28. The Kier molecular flexibility index (Phi) is 7.79. The second kappa shape index (κ2) is 9.86. The summed E-state index contributed by atoms with van der Waals surface area (Å²) in [6.07, 6.45) is 3.05. The molecule has 1 N–H and O–H groups in total. The summed E-state index contributed by atoms with van der Waals surface area (Å²) in [7, 11) is -2.18. The minimum absolute atomic E-state index is 0.100. The molecule has 8 heteroatoms. The van der Waals surface area contributed by atoms with Crippen molar-refractivity contribution in [2.24, 2.45) is 0 Å². The van der Waals surface area contributed by atoms with Crippen LogP contribution in [0.15, 0.2) is 57.9 Å². The molecule has 0 bridgehead atoms. The van der Waals surface area contributed by atoms with Crippen LogP contribution in [0.25, 0.3) is 6.08 Å². The van der Waals surface area contributed by atoms with Gasteiger partial charge >= 0.3 is 0 Å². The zero-order valence-electron chi connectivity index (χ0n) is 16.0. The van der Waals surface area contributed by atoms with Crippen molar-refractivity contribution in [1.82, 2.24) is 4.31 Å². The largest absolute Gasteiger partial charge is 0.495 e. The second-order valence-corrected chi connectivity index (χ2v) is 8.68. The van der Waals surface area contributed by atoms with Gasteiger partial charge in [-0.1, -0.05) is 41.9 Å². The van der Waals surface area contributed by atoms with Gasteiger partial charge in [-0.3, -0.25) is 4.79 Å². The van der Waals surface area contributed by atoms with Crippen molar-refractivity contribution < 1.29 is 17.9 Å². The van der Waals surface area contributed by atoms with Gasteiger partial charge in [0.15, 0.2) is 0 Å². The second-order valence-electron chi connectivity index (χ2n) is 5.83. The highest BCUT2D eigenvalue weighted by Crippen LogP contribution is 2.29. The third-order valence-corrected chi connectivity index (χ3v) is 6.59. The number of ether oxygens (including phenoxy) is 1. The monoisotopic (exact) mass is 466 g/mol. The molecule has 2 aromatic rings. The van der Waals surface area contributed by atoms with Gasteiger partial charge in [-0.05, 0) is 42.0 Å². The molecule has 1 amide bonds. The summed E-state index contributed by atoms with van der Waals surface area (Å²) in [5.41, 5.74) is 1.15. The number of rotatable bonds is 8. The molecular weight excluding hydrogens is 444 g/mol. The smallest absolute Gasteiger partial charge is 0.248 e. The molecule has 2 rings (SSSR count). The molecule has 0 spiro atoms. The quantitative estimate of drug-likeness (QED) is 0.593. The molecule has 0 radical (unpaired) electrons. The Labute approximate surface area is 174 Å². The third kappa shape index (κ3) is 5.43. The van der Waals surface area contributed by atoms with E-state index in [-0.39, 0.29) is 4.90 Å². The van der Waals surface area contributed by atoms with Gasteiger partial charge in [-0.2, -0.15) is 4.31 Å². The van der Waals surface area contributed by atoms with Gasteiger partial charge in [0, 0.05) is 23.6 Å². The topological polar surface area (TPSA) is 75.7 Å².